The summed E-state index contributed by atoms with van der Waals surface area (Å²) in [4.78, 5) is 26.5. The van der Waals surface area contributed by atoms with Crippen LogP contribution in [0.15, 0.2) is 18.3 Å². The third-order valence-corrected chi connectivity index (χ3v) is 1.84. The summed E-state index contributed by atoms with van der Waals surface area (Å²) in [6, 6.07) is 3.52. The van der Waals surface area contributed by atoms with E-state index in [1.807, 2.05) is 0 Å². The number of hydrogen-bond acceptors (Lipinski definition) is 3. The number of nitrogens with one attached hydrogen (secondary N) is 1. The lowest BCUT2D eigenvalue weighted by molar-refractivity contribution is -0.143. The number of aromatic amines is 1. The standard InChI is InChI=1S/C9H12N2O3/c1-11(7-4-3-5-10-7)8(12)6-9(13)14-2/h3-5,10H,6H2,1-2H3. The summed E-state index contributed by atoms with van der Waals surface area (Å²) in [7, 11) is 2.85. The van der Waals surface area contributed by atoms with Crippen LogP contribution in [0.25, 0.3) is 0 Å². The fourth-order valence-electron chi connectivity index (χ4n) is 0.978. The molecule has 0 fully saturated rings. The lowest BCUT2D eigenvalue weighted by Gasteiger charge is -2.13. The average molecular weight is 196 g/mol. The predicted octanol–water partition coefficient (Wildman–Crippen LogP) is 0.541. The number of carbonyl (C=O) groups excluding carboxylic acids is 2. The van der Waals surface area contributed by atoms with Crippen molar-refractivity contribution in [1.82, 2.24) is 4.98 Å². The van der Waals surface area contributed by atoms with Gasteiger partial charge in [-0.15, -0.1) is 0 Å². The first-order chi connectivity index (χ1) is 6.65. The van der Waals surface area contributed by atoms with Gasteiger partial charge in [-0.25, -0.2) is 0 Å². The summed E-state index contributed by atoms with van der Waals surface area (Å²) in [5.74, 6) is -0.188. The second kappa shape index (κ2) is 4.45. The van der Waals surface area contributed by atoms with Gasteiger partial charge in [-0.3, -0.25) is 9.59 Å². The SMILES string of the molecule is COC(=O)CC(=O)N(C)c1ccc[nH]1. The Bertz CT molecular complexity index is 319. The van der Waals surface area contributed by atoms with Gasteiger partial charge < -0.3 is 14.6 Å². The molecule has 1 heterocycles. The maximum Gasteiger partial charge on any atom is 0.315 e. The number of nitrogens with zero attached hydrogens (tertiary/aromatic N) is 1. The van der Waals surface area contributed by atoms with E-state index in [1.165, 1.54) is 12.0 Å². The number of H-pyrrole nitrogens is 1. The van der Waals surface area contributed by atoms with Crippen molar-refractivity contribution in [3.05, 3.63) is 18.3 Å². The molecule has 0 saturated carbocycles. The van der Waals surface area contributed by atoms with Crippen molar-refractivity contribution in [3.8, 4) is 0 Å². The first kappa shape index (κ1) is 10.3. The van der Waals surface area contributed by atoms with E-state index >= 15 is 0 Å². The van der Waals surface area contributed by atoms with E-state index in [0.29, 0.717) is 5.82 Å². The number of esters is 1. The van der Waals surface area contributed by atoms with Gasteiger partial charge in [0.1, 0.15) is 12.2 Å². The molecule has 0 aromatic carbocycles. The van der Waals surface area contributed by atoms with Crippen molar-refractivity contribution in [1.29, 1.82) is 0 Å². The van der Waals surface area contributed by atoms with E-state index in [9.17, 15) is 9.59 Å². The Morgan fingerprint density at radius 2 is 2.29 bits per heavy atom. The van der Waals surface area contributed by atoms with Crippen LogP contribution < -0.4 is 4.90 Å². The summed E-state index contributed by atoms with van der Waals surface area (Å²) < 4.78 is 4.39. The molecule has 0 aliphatic carbocycles. The van der Waals surface area contributed by atoms with Gasteiger partial charge in [0.25, 0.3) is 0 Å². The summed E-state index contributed by atoms with van der Waals surface area (Å²) in [5.41, 5.74) is 0. The number of ether oxygens (including phenoxy) is 1. The van der Waals surface area contributed by atoms with Crippen LogP contribution in [0.5, 0.6) is 0 Å². The second-order valence-electron chi connectivity index (χ2n) is 2.76. The van der Waals surface area contributed by atoms with E-state index in [4.69, 9.17) is 0 Å². The van der Waals surface area contributed by atoms with Crippen molar-refractivity contribution < 1.29 is 14.3 Å². The molecule has 0 saturated heterocycles. The number of methoxy groups -OCH3 is 1. The lowest BCUT2D eigenvalue weighted by atomic mass is 10.4. The van der Waals surface area contributed by atoms with E-state index in [-0.39, 0.29) is 12.3 Å². The number of rotatable bonds is 3. The average Bonchev–Trinajstić information content (AvgIpc) is 2.69. The number of aromatic nitrogens is 1. The van der Waals surface area contributed by atoms with Gasteiger partial charge in [-0.1, -0.05) is 0 Å². The molecule has 1 aromatic rings. The van der Waals surface area contributed by atoms with E-state index in [2.05, 4.69) is 9.72 Å². The van der Waals surface area contributed by atoms with Crippen LogP contribution in [-0.4, -0.2) is 31.0 Å². The highest BCUT2D eigenvalue weighted by Gasteiger charge is 2.15. The highest BCUT2D eigenvalue weighted by atomic mass is 16.5. The molecule has 5 nitrogen and oxygen atoms in total. The minimum atomic E-state index is -0.534. The molecule has 5 heteroatoms. The van der Waals surface area contributed by atoms with Gasteiger partial charge in [-0.2, -0.15) is 0 Å². The normalized spacial score (nSPS) is 9.57. The van der Waals surface area contributed by atoms with Crippen LogP contribution in [0.1, 0.15) is 6.42 Å². The van der Waals surface area contributed by atoms with Crippen molar-refractivity contribution in [3.63, 3.8) is 0 Å². The third kappa shape index (κ3) is 2.35. The predicted molar refractivity (Wildman–Crippen MR) is 50.8 cm³/mol. The van der Waals surface area contributed by atoms with Crippen LogP contribution in [0.4, 0.5) is 5.82 Å². The van der Waals surface area contributed by atoms with Crippen LogP contribution >= 0.6 is 0 Å². The van der Waals surface area contributed by atoms with Gasteiger partial charge >= 0.3 is 5.97 Å². The van der Waals surface area contributed by atoms with Crippen LogP contribution in [-0.2, 0) is 14.3 Å². The van der Waals surface area contributed by atoms with Crippen LogP contribution in [0.3, 0.4) is 0 Å². The fraction of sp³-hybridized carbons (Fsp3) is 0.333. The number of hydrogen-bond donors (Lipinski definition) is 1. The third-order valence-electron chi connectivity index (χ3n) is 1.84. The molecule has 0 unspecified atom stereocenters. The minimum Gasteiger partial charge on any atom is -0.469 e. The van der Waals surface area contributed by atoms with Crippen LogP contribution in [0.2, 0.25) is 0 Å². The van der Waals surface area contributed by atoms with Crippen molar-refractivity contribution in [2.24, 2.45) is 0 Å². The highest BCUT2D eigenvalue weighted by molar-refractivity contribution is 6.02. The largest absolute Gasteiger partial charge is 0.469 e. The van der Waals surface area contributed by atoms with Crippen LogP contribution in [0, 0.1) is 0 Å². The minimum absolute atomic E-state index is 0.244. The van der Waals surface area contributed by atoms with Crippen molar-refractivity contribution in [2.45, 2.75) is 6.42 Å². The van der Waals surface area contributed by atoms with Gasteiger partial charge in [0.15, 0.2) is 0 Å². The molecular weight excluding hydrogens is 184 g/mol. The lowest BCUT2D eigenvalue weighted by Crippen LogP contribution is -2.28. The van der Waals surface area contributed by atoms with Crippen molar-refractivity contribution in [2.75, 3.05) is 19.1 Å². The molecule has 0 radical (unpaired) electrons. The summed E-state index contributed by atoms with van der Waals surface area (Å²) in [6.07, 6.45) is 1.46. The summed E-state index contributed by atoms with van der Waals surface area (Å²) in [6.45, 7) is 0. The zero-order valence-corrected chi connectivity index (χ0v) is 8.11. The Morgan fingerprint density at radius 3 is 2.79 bits per heavy atom. The number of amides is 1. The molecule has 1 N–H and O–H groups in total. The fourth-order valence-corrected chi connectivity index (χ4v) is 0.978. The maximum atomic E-state index is 11.4. The Hall–Kier alpha value is -1.78. The smallest absolute Gasteiger partial charge is 0.315 e. The topological polar surface area (TPSA) is 62.4 Å². The maximum absolute atomic E-state index is 11.4. The number of anilines is 1. The molecular formula is C9H12N2O3. The number of carbonyl (C=O) groups is 2. The van der Waals surface area contributed by atoms with E-state index < -0.39 is 5.97 Å². The molecule has 0 aliphatic rings. The van der Waals surface area contributed by atoms with E-state index in [0.717, 1.165) is 0 Å². The van der Waals surface area contributed by atoms with E-state index in [1.54, 1.807) is 25.4 Å². The Labute approximate surface area is 81.7 Å². The molecule has 0 bridgehead atoms. The quantitative estimate of drug-likeness (QED) is 0.567. The zero-order chi connectivity index (χ0) is 10.6. The first-order valence-corrected chi connectivity index (χ1v) is 4.12. The molecule has 1 aromatic heterocycles. The molecule has 76 valence electrons. The molecule has 0 aliphatic heterocycles. The molecule has 1 rings (SSSR count). The Balaban J connectivity index is 2.58. The Morgan fingerprint density at radius 1 is 1.57 bits per heavy atom. The second-order valence-corrected chi connectivity index (χ2v) is 2.76. The summed E-state index contributed by atoms with van der Waals surface area (Å²) in [5, 5.41) is 0. The van der Waals surface area contributed by atoms with Gasteiger partial charge in [-0.05, 0) is 12.1 Å². The van der Waals surface area contributed by atoms with Gasteiger partial charge in [0.2, 0.25) is 5.91 Å². The Kier molecular flexibility index (Phi) is 3.28. The van der Waals surface area contributed by atoms with Gasteiger partial charge in [0.05, 0.1) is 7.11 Å². The van der Waals surface area contributed by atoms with Crippen molar-refractivity contribution >= 4 is 17.7 Å². The van der Waals surface area contributed by atoms with Gasteiger partial charge in [0, 0.05) is 13.2 Å². The zero-order valence-electron chi connectivity index (χ0n) is 8.11. The molecule has 0 spiro atoms. The molecule has 0 atom stereocenters. The first-order valence-electron chi connectivity index (χ1n) is 4.12. The monoisotopic (exact) mass is 196 g/mol. The molecule has 14 heavy (non-hydrogen) atoms. The molecule has 1 amide bonds. The highest BCUT2D eigenvalue weighted by Crippen LogP contribution is 2.08. The summed E-state index contributed by atoms with van der Waals surface area (Å²) >= 11 is 0.